The van der Waals surface area contributed by atoms with Crippen molar-refractivity contribution in [3.63, 3.8) is 0 Å². The maximum absolute atomic E-state index is 12.0. The Morgan fingerprint density at radius 2 is 2.26 bits per heavy atom. The third-order valence-corrected chi connectivity index (χ3v) is 3.99. The number of nitrogens with one attached hydrogen (secondary N) is 1. The first kappa shape index (κ1) is 16.1. The van der Waals surface area contributed by atoms with E-state index in [9.17, 15) is 9.59 Å². The van der Waals surface area contributed by atoms with Gasteiger partial charge in [-0.05, 0) is 18.4 Å². The summed E-state index contributed by atoms with van der Waals surface area (Å²) in [5, 5.41) is 5.18. The molecule has 1 aliphatic heterocycles. The number of nitrogens with zero attached hydrogens (tertiary/aromatic N) is 1. The number of hydrogen-bond acceptors (Lipinski definition) is 4. The SMILES string of the molecule is CC1CN(C(=O)CCC(=O)c2cccs2)CCN1.Cl. The third kappa shape index (κ3) is 4.60. The third-order valence-electron chi connectivity index (χ3n) is 3.08. The fourth-order valence-electron chi connectivity index (χ4n) is 2.10. The number of carbonyl (C=O) groups is 2. The average Bonchev–Trinajstić information content (AvgIpc) is 2.89. The van der Waals surface area contributed by atoms with Crippen molar-refractivity contribution in [2.24, 2.45) is 0 Å². The summed E-state index contributed by atoms with van der Waals surface area (Å²) in [6, 6.07) is 4.01. The van der Waals surface area contributed by atoms with E-state index < -0.39 is 0 Å². The molecule has 0 spiro atoms. The molecule has 6 heteroatoms. The van der Waals surface area contributed by atoms with Crippen molar-refractivity contribution in [1.29, 1.82) is 0 Å². The maximum Gasteiger partial charge on any atom is 0.223 e. The highest BCUT2D eigenvalue weighted by molar-refractivity contribution is 7.12. The molecule has 0 radical (unpaired) electrons. The smallest absolute Gasteiger partial charge is 0.223 e. The Morgan fingerprint density at radius 1 is 1.47 bits per heavy atom. The minimum atomic E-state index is 0. The number of rotatable bonds is 4. The van der Waals surface area contributed by atoms with Crippen LogP contribution in [0.15, 0.2) is 17.5 Å². The van der Waals surface area contributed by atoms with Crippen LogP contribution in [0.1, 0.15) is 29.4 Å². The summed E-state index contributed by atoms with van der Waals surface area (Å²) in [6.45, 7) is 4.39. The molecule has 1 unspecified atom stereocenters. The molecule has 1 atom stereocenters. The van der Waals surface area contributed by atoms with Gasteiger partial charge in [0.05, 0.1) is 4.88 Å². The van der Waals surface area contributed by atoms with E-state index in [4.69, 9.17) is 0 Å². The molecule has 19 heavy (non-hydrogen) atoms. The van der Waals surface area contributed by atoms with Crippen LogP contribution in [0.2, 0.25) is 0 Å². The van der Waals surface area contributed by atoms with Crippen LogP contribution in [-0.2, 0) is 4.79 Å². The first-order valence-corrected chi connectivity index (χ1v) is 7.12. The van der Waals surface area contributed by atoms with E-state index in [1.165, 1.54) is 11.3 Å². The van der Waals surface area contributed by atoms with Crippen molar-refractivity contribution in [2.75, 3.05) is 19.6 Å². The minimum absolute atomic E-state index is 0. The lowest BCUT2D eigenvalue weighted by Crippen LogP contribution is -2.51. The Bertz CT molecular complexity index is 422. The van der Waals surface area contributed by atoms with Crippen LogP contribution in [0, 0.1) is 0 Å². The summed E-state index contributed by atoms with van der Waals surface area (Å²) < 4.78 is 0. The fourth-order valence-corrected chi connectivity index (χ4v) is 2.79. The van der Waals surface area contributed by atoms with Gasteiger partial charge in [-0.2, -0.15) is 0 Å². The zero-order valence-corrected chi connectivity index (χ0v) is 12.6. The summed E-state index contributed by atoms with van der Waals surface area (Å²) >= 11 is 1.43. The van der Waals surface area contributed by atoms with E-state index in [1.54, 1.807) is 0 Å². The van der Waals surface area contributed by atoms with Crippen LogP contribution >= 0.6 is 23.7 Å². The van der Waals surface area contributed by atoms with Crippen molar-refractivity contribution in [3.05, 3.63) is 22.4 Å². The normalized spacial score (nSPS) is 18.8. The number of carbonyl (C=O) groups excluding carboxylic acids is 2. The van der Waals surface area contributed by atoms with Gasteiger partial charge in [-0.15, -0.1) is 23.7 Å². The van der Waals surface area contributed by atoms with Crippen molar-refractivity contribution >= 4 is 35.4 Å². The van der Waals surface area contributed by atoms with E-state index >= 15 is 0 Å². The molecule has 4 nitrogen and oxygen atoms in total. The molecule has 0 aromatic carbocycles. The monoisotopic (exact) mass is 302 g/mol. The molecule has 1 aromatic rings. The Labute approximate surface area is 123 Å². The largest absolute Gasteiger partial charge is 0.340 e. The van der Waals surface area contributed by atoms with Gasteiger partial charge in [0.2, 0.25) is 5.91 Å². The lowest BCUT2D eigenvalue weighted by Gasteiger charge is -2.31. The molecule has 0 saturated carbocycles. The van der Waals surface area contributed by atoms with Crippen molar-refractivity contribution in [1.82, 2.24) is 10.2 Å². The average molecular weight is 303 g/mol. The number of Topliss-reactive ketones (excluding diaryl/α,β-unsaturated/α-hetero) is 1. The standard InChI is InChI=1S/C13H18N2O2S.ClH/c1-10-9-15(7-6-14-10)13(17)5-4-11(16)12-3-2-8-18-12;/h2-3,8,10,14H,4-7,9H2,1H3;1H. The lowest BCUT2D eigenvalue weighted by atomic mass is 10.1. The van der Waals surface area contributed by atoms with Gasteiger partial charge in [-0.25, -0.2) is 0 Å². The molecule has 1 aromatic heterocycles. The Balaban J connectivity index is 0.00000180. The minimum Gasteiger partial charge on any atom is -0.340 e. The predicted octanol–water partition coefficient (Wildman–Crippen LogP) is 1.95. The van der Waals surface area contributed by atoms with Crippen LogP contribution in [0.4, 0.5) is 0 Å². The molecular formula is C13H19ClN2O2S. The van der Waals surface area contributed by atoms with Gasteiger partial charge in [0.15, 0.2) is 5.78 Å². The van der Waals surface area contributed by atoms with Crippen LogP contribution in [0.5, 0.6) is 0 Å². The molecule has 106 valence electrons. The number of thiophene rings is 1. The van der Waals surface area contributed by atoms with Crippen molar-refractivity contribution in [2.45, 2.75) is 25.8 Å². The summed E-state index contributed by atoms with van der Waals surface area (Å²) in [5.74, 6) is 0.162. The number of ketones is 1. The van der Waals surface area contributed by atoms with Crippen LogP contribution in [0.25, 0.3) is 0 Å². The van der Waals surface area contributed by atoms with Crippen molar-refractivity contribution in [3.8, 4) is 0 Å². The first-order valence-electron chi connectivity index (χ1n) is 6.24. The molecule has 1 saturated heterocycles. The fraction of sp³-hybridized carbons (Fsp3) is 0.538. The molecular weight excluding hydrogens is 284 g/mol. The Kier molecular flexibility index (Phi) is 6.48. The van der Waals surface area contributed by atoms with E-state index in [1.807, 2.05) is 22.4 Å². The quantitative estimate of drug-likeness (QED) is 0.865. The second-order valence-corrected chi connectivity index (χ2v) is 5.54. The van der Waals surface area contributed by atoms with E-state index in [0.717, 1.165) is 24.5 Å². The molecule has 1 amide bonds. The topological polar surface area (TPSA) is 49.4 Å². The van der Waals surface area contributed by atoms with Gasteiger partial charge in [-0.3, -0.25) is 9.59 Å². The summed E-state index contributed by atoms with van der Waals surface area (Å²) in [5.41, 5.74) is 0. The van der Waals surface area contributed by atoms with Gasteiger partial charge < -0.3 is 10.2 Å². The van der Waals surface area contributed by atoms with Crippen molar-refractivity contribution < 1.29 is 9.59 Å². The maximum atomic E-state index is 12.0. The molecule has 1 fully saturated rings. The second kappa shape index (κ2) is 7.62. The molecule has 1 N–H and O–H groups in total. The summed E-state index contributed by atoms with van der Waals surface area (Å²) in [4.78, 5) is 26.3. The predicted molar refractivity (Wildman–Crippen MR) is 79.2 cm³/mol. The summed E-state index contributed by atoms with van der Waals surface area (Å²) in [6.07, 6.45) is 0.640. The molecule has 2 rings (SSSR count). The molecule has 1 aliphatic rings. The number of hydrogen-bond donors (Lipinski definition) is 1. The van der Waals surface area contributed by atoms with Gasteiger partial charge in [0, 0.05) is 38.5 Å². The van der Waals surface area contributed by atoms with E-state index in [2.05, 4.69) is 12.2 Å². The molecule has 0 bridgehead atoms. The van der Waals surface area contributed by atoms with Crippen LogP contribution < -0.4 is 5.32 Å². The zero-order chi connectivity index (χ0) is 13.0. The Hall–Kier alpha value is -0.910. The van der Waals surface area contributed by atoms with E-state index in [-0.39, 0.29) is 24.1 Å². The highest BCUT2D eigenvalue weighted by atomic mass is 35.5. The second-order valence-electron chi connectivity index (χ2n) is 4.60. The highest BCUT2D eigenvalue weighted by Gasteiger charge is 2.21. The summed E-state index contributed by atoms with van der Waals surface area (Å²) in [7, 11) is 0. The molecule has 2 heterocycles. The highest BCUT2D eigenvalue weighted by Crippen LogP contribution is 2.13. The van der Waals surface area contributed by atoms with E-state index in [0.29, 0.717) is 18.9 Å². The number of amides is 1. The number of halogens is 1. The van der Waals surface area contributed by atoms with Gasteiger partial charge in [0.1, 0.15) is 0 Å². The molecule has 0 aliphatic carbocycles. The van der Waals surface area contributed by atoms with Gasteiger partial charge >= 0.3 is 0 Å². The van der Waals surface area contributed by atoms with Crippen LogP contribution in [0.3, 0.4) is 0 Å². The van der Waals surface area contributed by atoms with Gasteiger partial charge in [-0.1, -0.05) is 6.07 Å². The zero-order valence-electron chi connectivity index (χ0n) is 10.9. The van der Waals surface area contributed by atoms with Gasteiger partial charge in [0.25, 0.3) is 0 Å². The number of piperazine rings is 1. The Morgan fingerprint density at radius 3 is 2.89 bits per heavy atom. The first-order chi connectivity index (χ1) is 8.66. The lowest BCUT2D eigenvalue weighted by molar-refractivity contribution is -0.132. The van der Waals surface area contributed by atoms with Crippen LogP contribution in [-0.4, -0.2) is 42.3 Å².